The first-order valence-electron chi connectivity index (χ1n) is 6.29. The van der Waals surface area contributed by atoms with E-state index in [2.05, 4.69) is 11.9 Å². The summed E-state index contributed by atoms with van der Waals surface area (Å²) >= 11 is 0. The quantitative estimate of drug-likeness (QED) is 0.773. The van der Waals surface area contributed by atoms with Gasteiger partial charge < -0.3 is 15.2 Å². The molecule has 0 aromatic heterocycles. The van der Waals surface area contributed by atoms with Gasteiger partial charge in [0.2, 0.25) is 0 Å². The molecule has 0 fully saturated rings. The zero-order chi connectivity index (χ0) is 14.4. The Kier molecular flexibility index (Phi) is 5.57. The van der Waals surface area contributed by atoms with E-state index in [1.165, 1.54) is 0 Å². The maximum Gasteiger partial charge on any atom is 0.261 e. The van der Waals surface area contributed by atoms with Gasteiger partial charge >= 0.3 is 0 Å². The Morgan fingerprint density at radius 1 is 1.53 bits per heavy atom. The van der Waals surface area contributed by atoms with Crippen LogP contribution in [0.15, 0.2) is 30.9 Å². The molecule has 0 spiro atoms. The molecule has 0 heterocycles. The summed E-state index contributed by atoms with van der Waals surface area (Å²) in [6.45, 7) is 9.22. The minimum atomic E-state index is -0.640. The number of aliphatic hydroxyl groups is 1. The molecule has 1 aromatic carbocycles. The van der Waals surface area contributed by atoms with Crippen LogP contribution in [-0.2, 0) is 4.79 Å². The summed E-state index contributed by atoms with van der Waals surface area (Å²) in [5.41, 5.74) is 1.72. The van der Waals surface area contributed by atoms with Gasteiger partial charge in [-0.2, -0.15) is 0 Å². The van der Waals surface area contributed by atoms with E-state index < -0.39 is 12.2 Å². The third-order valence-corrected chi connectivity index (χ3v) is 2.71. The molecule has 19 heavy (non-hydrogen) atoms. The normalized spacial score (nSPS) is 13.5. The molecular formula is C15H21NO3. The van der Waals surface area contributed by atoms with Gasteiger partial charge in [-0.15, -0.1) is 6.58 Å². The van der Waals surface area contributed by atoms with Crippen molar-refractivity contribution in [3.63, 3.8) is 0 Å². The van der Waals surface area contributed by atoms with E-state index in [1.807, 2.05) is 19.1 Å². The van der Waals surface area contributed by atoms with Crippen LogP contribution < -0.4 is 10.1 Å². The van der Waals surface area contributed by atoms with Crippen molar-refractivity contribution in [1.82, 2.24) is 5.32 Å². The topological polar surface area (TPSA) is 58.6 Å². The summed E-state index contributed by atoms with van der Waals surface area (Å²) in [4.78, 5) is 11.7. The van der Waals surface area contributed by atoms with Gasteiger partial charge in [-0.05, 0) is 32.9 Å². The fraction of sp³-hybridized carbons (Fsp3) is 0.400. The number of aliphatic hydroxyl groups excluding tert-OH is 1. The van der Waals surface area contributed by atoms with Crippen molar-refractivity contribution in [2.24, 2.45) is 0 Å². The van der Waals surface area contributed by atoms with Crippen LogP contribution in [0.2, 0.25) is 0 Å². The first-order chi connectivity index (χ1) is 8.95. The van der Waals surface area contributed by atoms with E-state index in [-0.39, 0.29) is 5.91 Å². The van der Waals surface area contributed by atoms with Gasteiger partial charge in [0.15, 0.2) is 6.10 Å². The Bertz CT molecular complexity index is 455. The van der Waals surface area contributed by atoms with E-state index in [0.717, 1.165) is 5.56 Å². The second-order valence-electron chi connectivity index (χ2n) is 4.51. The molecule has 2 N–H and O–H groups in total. The highest BCUT2D eigenvalue weighted by molar-refractivity contribution is 5.80. The monoisotopic (exact) mass is 263 g/mol. The van der Waals surface area contributed by atoms with Crippen LogP contribution in [0.1, 0.15) is 31.1 Å². The average Bonchev–Trinajstić information content (AvgIpc) is 2.37. The van der Waals surface area contributed by atoms with Crippen LogP contribution >= 0.6 is 0 Å². The van der Waals surface area contributed by atoms with Gasteiger partial charge in [0, 0.05) is 12.1 Å². The molecule has 0 aliphatic rings. The second-order valence-corrected chi connectivity index (χ2v) is 4.51. The predicted octanol–water partition coefficient (Wildman–Crippen LogP) is 2.12. The minimum Gasteiger partial charge on any atom is -0.481 e. The zero-order valence-electron chi connectivity index (χ0n) is 11.6. The summed E-state index contributed by atoms with van der Waals surface area (Å²) < 4.78 is 5.61. The molecule has 104 valence electrons. The van der Waals surface area contributed by atoms with Crippen molar-refractivity contribution in [2.45, 2.75) is 33.0 Å². The van der Waals surface area contributed by atoms with Crippen molar-refractivity contribution < 1.29 is 14.6 Å². The fourth-order valence-electron chi connectivity index (χ4n) is 1.66. The lowest BCUT2D eigenvalue weighted by Gasteiger charge is -2.18. The lowest BCUT2D eigenvalue weighted by molar-refractivity contribution is -0.127. The van der Waals surface area contributed by atoms with Gasteiger partial charge in [-0.1, -0.05) is 17.7 Å². The third-order valence-electron chi connectivity index (χ3n) is 2.71. The second kappa shape index (κ2) is 6.95. The highest BCUT2D eigenvalue weighted by Gasteiger charge is 2.17. The number of carbonyl (C=O) groups is 1. The van der Waals surface area contributed by atoms with Crippen LogP contribution in [0.25, 0.3) is 0 Å². The lowest BCUT2D eigenvalue weighted by atomic mass is 10.1. The van der Waals surface area contributed by atoms with Crippen LogP contribution in [-0.4, -0.2) is 23.7 Å². The number of carbonyl (C=O) groups excluding carboxylic acids is 1. The van der Waals surface area contributed by atoms with Gasteiger partial charge in [-0.25, -0.2) is 0 Å². The molecule has 2 unspecified atom stereocenters. The Hall–Kier alpha value is -1.81. The Balaban J connectivity index is 2.81. The number of rotatable bonds is 6. The van der Waals surface area contributed by atoms with E-state index in [1.54, 1.807) is 26.0 Å². The molecule has 0 bridgehead atoms. The van der Waals surface area contributed by atoms with Crippen LogP contribution in [0.4, 0.5) is 0 Å². The zero-order valence-corrected chi connectivity index (χ0v) is 11.6. The largest absolute Gasteiger partial charge is 0.481 e. The average molecular weight is 263 g/mol. The van der Waals surface area contributed by atoms with Gasteiger partial charge in [-0.3, -0.25) is 4.79 Å². The Morgan fingerprint density at radius 3 is 2.79 bits per heavy atom. The van der Waals surface area contributed by atoms with Gasteiger partial charge in [0.25, 0.3) is 5.91 Å². The van der Waals surface area contributed by atoms with Crippen LogP contribution in [0.5, 0.6) is 5.75 Å². The molecule has 1 rings (SSSR count). The molecule has 0 saturated heterocycles. The predicted molar refractivity (Wildman–Crippen MR) is 75.1 cm³/mol. The summed E-state index contributed by atoms with van der Waals surface area (Å²) in [5.74, 6) is 0.318. The first kappa shape index (κ1) is 15.2. The van der Waals surface area contributed by atoms with Gasteiger partial charge in [0.05, 0.1) is 6.10 Å². The number of hydrogen-bond acceptors (Lipinski definition) is 3. The van der Waals surface area contributed by atoms with E-state index >= 15 is 0 Å². The molecule has 2 atom stereocenters. The molecule has 0 aliphatic heterocycles. The SMILES string of the molecule is C=CCNC(=O)C(C)Oc1ccc(C)cc1C(C)O. The van der Waals surface area contributed by atoms with Crippen LogP contribution in [0.3, 0.4) is 0 Å². The maximum absolute atomic E-state index is 11.7. The third kappa shape index (κ3) is 4.41. The number of nitrogens with one attached hydrogen (secondary N) is 1. The smallest absolute Gasteiger partial charge is 0.261 e. The maximum atomic E-state index is 11.7. The molecule has 0 saturated carbocycles. The summed E-state index contributed by atoms with van der Waals surface area (Å²) in [6, 6.07) is 5.51. The number of amides is 1. The van der Waals surface area contributed by atoms with E-state index in [4.69, 9.17) is 4.74 Å². The first-order valence-corrected chi connectivity index (χ1v) is 6.29. The van der Waals surface area contributed by atoms with E-state index in [0.29, 0.717) is 17.9 Å². The molecule has 4 heteroatoms. The van der Waals surface area contributed by atoms with Crippen molar-refractivity contribution >= 4 is 5.91 Å². The molecular weight excluding hydrogens is 242 g/mol. The molecule has 0 radical (unpaired) electrons. The summed E-state index contributed by atoms with van der Waals surface area (Å²) in [7, 11) is 0. The van der Waals surface area contributed by atoms with Crippen molar-refractivity contribution in [1.29, 1.82) is 0 Å². The number of hydrogen-bond donors (Lipinski definition) is 2. The fourth-order valence-corrected chi connectivity index (χ4v) is 1.66. The van der Waals surface area contributed by atoms with Crippen LogP contribution in [0, 0.1) is 6.92 Å². The molecule has 0 aliphatic carbocycles. The van der Waals surface area contributed by atoms with Gasteiger partial charge in [0.1, 0.15) is 5.75 Å². The highest BCUT2D eigenvalue weighted by Crippen LogP contribution is 2.27. The molecule has 1 amide bonds. The Morgan fingerprint density at radius 2 is 2.21 bits per heavy atom. The number of aryl methyl sites for hydroxylation is 1. The summed E-state index contributed by atoms with van der Waals surface area (Å²) in [5, 5.41) is 12.4. The minimum absolute atomic E-state index is 0.211. The Labute approximate surface area is 114 Å². The lowest BCUT2D eigenvalue weighted by Crippen LogP contribution is -2.36. The summed E-state index contributed by atoms with van der Waals surface area (Å²) in [6.07, 6.45) is 0.344. The van der Waals surface area contributed by atoms with Crippen molar-refractivity contribution in [2.75, 3.05) is 6.54 Å². The molecule has 1 aromatic rings. The number of benzene rings is 1. The standard InChI is InChI=1S/C15H21NO3/c1-5-8-16-15(18)12(4)19-14-7-6-10(2)9-13(14)11(3)17/h5-7,9,11-12,17H,1,8H2,2-4H3,(H,16,18). The highest BCUT2D eigenvalue weighted by atomic mass is 16.5. The molecule has 4 nitrogen and oxygen atoms in total. The van der Waals surface area contributed by atoms with Crippen molar-refractivity contribution in [3.8, 4) is 5.75 Å². The number of ether oxygens (including phenoxy) is 1. The van der Waals surface area contributed by atoms with Crippen molar-refractivity contribution in [3.05, 3.63) is 42.0 Å². The van der Waals surface area contributed by atoms with E-state index in [9.17, 15) is 9.90 Å².